The van der Waals surface area contributed by atoms with E-state index in [1.807, 2.05) is 0 Å². The van der Waals surface area contributed by atoms with Gasteiger partial charge in [-0.1, -0.05) is 43.7 Å². The summed E-state index contributed by atoms with van der Waals surface area (Å²) < 4.78 is 0. The molecule has 2 aliphatic heterocycles. The fourth-order valence-electron chi connectivity index (χ4n) is 4.94. The van der Waals surface area contributed by atoms with Crippen LogP contribution in [-0.4, -0.2) is 55.0 Å². The van der Waals surface area contributed by atoms with Crippen molar-refractivity contribution in [2.45, 2.75) is 53.0 Å². The van der Waals surface area contributed by atoms with Gasteiger partial charge in [0.15, 0.2) is 0 Å². The van der Waals surface area contributed by atoms with Gasteiger partial charge in [-0.2, -0.15) is 0 Å². The molecule has 0 aromatic heterocycles. The van der Waals surface area contributed by atoms with E-state index in [0.717, 1.165) is 63.8 Å². The standard InChI is InChI=1S/C24H39N3O/c1-19-5-7-22(8-6-19)18-26-13-9-23(10-14-26)24(28)25-11-4-12-27-16-20(2)15-21(3)17-27/h5-8,20-21,23H,4,9-18H2,1-3H3,(H,25,28)/t20-,21-/m0/s1. The predicted octanol–water partition coefficient (Wildman–Crippen LogP) is 3.69. The van der Waals surface area contributed by atoms with Crippen molar-refractivity contribution in [1.82, 2.24) is 15.1 Å². The Bertz CT molecular complexity index is 597. The molecule has 2 saturated heterocycles. The minimum atomic E-state index is 0.198. The third kappa shape index (κ3) is 6.59. The highest BCUT2D eigenvalue weighted by Crippen LogP contribution is 2.21. The van der Waals surface area contributed by atoms with E-state index in [1.165, 1.54) is 30.6 Å². The van der Waals surface area contributed by atoms with Gasteiger partial charge in [-0.15, -0.1) is 0 Å². The third-order valence-corrected chi connectivity index (χ3v) is 6.38. The number of hydrogen-bond acceptors (Lipinski definition) is 3. The lowest BCUT2D eigenvalue weighted by atomic mass is 9.92. The molecule has 2 heterocycles. The lowest BCUT2D eigenvalue weighted by molar-refractivity contribution is -0.126. The summed E-state index contributed by atoms with van der Waals surface area (Å²) >= 11 is 0. The van der Waals surface area contributed by atoms with Gasteiger partial charge >= 0.3 is 0 Å². The Labute approximate surface area is 171 Å². The lowest BCUT2D eigenvalue weighted by Crippen LogP contribution is -2.42. The van der Waals surface area contributed by atoms with Crippen molar-refractivity contribution in [3.8, 4) is 0 Å². The zero-order valence-electron chi connectivity index (χ0n) is 18.1. The van der Waals surface area contributed by atoms with E-state index in [1.54, 1.807) is 0 Å². The summed E-state index contributed by atoms with van der Waals surface area (Å²) in [6.45, 7) is 14.3. The quantitative estimate of drug-likeness (QED) is 0.727. The molecule has 4 nitrogen and oxygen atoms in total. The number of nitrogens with zero attached hydrogens (tertiary/aromatic N) is 2. The molecular formula is C24H39N3O. The van der Waals surface area contributed by atoms with Crippen molar-refractivity contribution < 1.29 is 4.79 Å². The summed E-state index contributed by atoms with van der Waals surface area (Å²) in [5, 5.41) is 3.20. The van der Waals surface area contributed by atoms with Crippen LogP contribution in [0.15, 0.2) is 24.3 Å². The van der Waals surface area contributed by atoms with Gasteiger partial charge in [-0.05, 0) is 69.6 Å². The van der Waals surface area contributed by atoms with Gasteiger partial charge in [-0.3, -0.25) is 9.69 Å². The third-order valence-electron chi connectivity index (χ3n) is 6.38. The number of aryl methyl sites for hydroxylation is 1. The molecule has 28 heavy (non-hydrogen) atoms. The largest absolute Gasteiger partial charge is 0.356 e. The second kappa shape index (κ2) is 10.4. The van der Waals surface area contributed by atoms with E-state index in [9.17, 15) is 4.79 Å². The molecule has 0 bridgehead atoms. The van der Waals surface area contributed by atoms with Crippen LogP contribution < -0.4 is 5.32 Å². The van der Waals surface area contributed by atoms with Crippen molar-refractivity contribution in [2.75, 3.05) is 39.3 Å². The van der Waals surface area contributed by atoms with Crippen LogP contribution >= 0.6 is 0 Å². The number of carbonyl (C=O) groups excluding carboxylic acids is 1. The summed E-state index contributed by atoms with van der Waals surface area (Å²) in [7, 11) is 0. The molecule has 2 atom stereocenters. The van der Waals surface area contributed by atoms with Gasteiger partial charge in [0.1, 0.15) is 0 Å². The summed E-state index contributed by atoms with van der Waals surface area (Å²) in [6, 6.07) is 8.80. The molecule has 0 unspecified atom stereocenters. The molecule has 0 spiro atoms. The van der Waals surface area contributed by atoms with Crippen LogP contribution in [0.2, 0.25) is 0 Å². The first-order valence-electron chi connectivity index (χ1n) is 11.3. The van der Waals surface area contributed by atoms with Gasteiger partial charge in [0.05, 0.1) is 0 Å². The SMILES string of the molecule is Cc1ccc(CN2CCC(C(=O)NCCCN3C[C@@H](C)C[C@H](C)C3)CC2)cc1. The summed E-state index contributed by atoms with van der Waals surface area (Å²) in [6.07, 6.45) is 4.39. The van der Waals surface area contributed by atoms with Crippen LogP contribution in [0.4, 0.5) is 0 Å². The van der Waals surface area contributed by atoms with Crippen molar-refractivity contribution in [1.29, 1.82) is 0 Å². The summed E-state index contributed by atoms with van der Waals surface area (Å²) in [5.41, 5.74) is 2.68. The van der Waals surface area contributed by atoms with E-state index >= 15 is 0 Å². The Balaban J connectivity index is 1.30. The zero-order valence-corrected chi connectivity index (χ0v) is 18.1. The van der Waals surface area contributed by atoms with E-state index in [2.05, 4.69) is 60.2 Å². The molecule has 1 aromatic carbocycles. The molecular weight excluding hydrogens is 346 g/mol. The van der Waals surface area contributed by atoms with Crippen LogP contribution in [0.5, 0.6) is 0 Å². The Morgan fingerprint density at radius 3 is 2.32 bits per heavy atom. The molecule has 156 valence electrons. The molecule has 0 aliphatic carbocycles. The highest BCUT2D eigenvalue weighted by molar-refractivity contribution is 5.78. The summed E-state index contributed by atoms with van der Waals surface area (Å²) in [5.74, 6) is 2.09. The van der Waals surface area contributed by atoms with Gasteiger partial charge < -0.3 is 10.2 Å². The maximum Gasteiger partial charge on any atom is 0.223 e. The van der Waals surface area contributed by atoms with E-state index < -0.39 is 0 Å². The van der Waals surface area contributed by atoms with Crippen molar-refractivity contribution >= 4 is 5.91 Å². The minimum Gasteiger partial charge on any atom is -0.356 e. The first-order chi connectivity index (χ1) is 13.5. The Kier molecular flexibility index (Phi) is 7.92. The van der Waals surface area contributed by atoms with Gasteiger partial charge in [0, 0.05) is 32.1 Å². The molecule has 1 amide bonds. The predicted molar refractivity (Wildman–Crippen MR) is 116 cm³/mol. The Morgan fingerprint density at radius 2 is 1.68 bits per heavy atom. The molecule has 1 N–H and O–H groups in total. The monoisotopic (exact) mass is 385 g/mol. The van der Waals surface area contributed by atoms with Crippen LogP contribution in [0.25, 0.3) is 0 Å². The molecule has 0 radical (unpaired) electrons. The lowest BCUT2D eigenvalue weighted by Gasteiger charge is -2.35. The second-order valence-corrected chi connectivity index (χ2v) is 9.39. The summed E-state index contributed by atoms with van der Waals surface area (Å²) in [4.78, 5) is 17.6. The highest BCUT2D eigenvalue weighted by atomic mass is 16.1. The minimum absolute atomic E-state index is 0.198. The molecule has 4 heteroatoms. The topological polar surface area (TPSA) is 35.6 Å². The van der Waals surface area contributed by atoms with Crippen molar-refractivity contribution in [2.24, 2.45) is 17.8 Å². The van der Waals surface area contributed by atoms with Crippen LogP contribution in [-0.2, 0) is 11.3 Å². The second-order valence-electron chi connectivity index (χ2n) is 9.39. The number of likely N-dealkylation sites (tertiary alicyclic amines) is 2. The van der Waals surface area contributed by atoms with Crippen LogP contribution in [0, 0.1) is 24.7 Å². The molecule has 1 aromatic rings. The van der Waals surface area contributed by atoms with E-state index in [-0.39, 0.29) is 11.8 Å². The number of hydrogen-bond donors (Lipinski definition) is 1. The van der Waals surface area contributed by atoms with Crippen molar-refractivity contribution in [3.05, 3.63) is 35.4 Å². The normalized spacial score (nSPS) is 25.0. The maximum absolute atomic E-state index is 12.5. The highest BCUT2D eigenvalue weighted by Gasteiger charge is 2.25. The number of rotatable bonds is 7. The average molecular weight is 386 g/mol. The van der Waals surface area contributed by atoms with Gasteiger partial charge in [-0.25, -0.2) is 0 Å². The fourth-order valence-corrected chi connectivity index (χ4v) is 4.94. The van der Waals surface area contributed by atoms with E-state index in [0.29, 0.717) is 0 Å². The first-order valence-corrected chi connectivity index (χ1v) is 11.3. The average Bonchev–Trinajstić information content (AvgIpc) is 2.67. The number of piperidine rings is 2. The Hall–Kier alpha value is -1.39. The van der Waals surface area contributed by atoms with Gasteiger partial charge in [0.2, 0.25) is 5.91 Å². The number of carbonyl (C=O) groups is 1. The fraction of sp³-hybridized carbons (Fsp3) is 0.708. The van der Waals surface area contributed by atoms with Crippen molar-refractivity contribution in [3.63, 3.8) is 0 Å². The maximum atomic E-state index is 12.5. The molecule has 0 saturated carbocycles. The number of benzene rings is 1. The zero-order chi connectivity index (χ0) is 19.9. The smallest absolute Gasteiger partial charge is 0.223 e. The first kappa shape index (κ1) is 21.3. The molecule has 2 fully saturated rings. The number of nitrogens with one attached hydrogen (secondary N) is 1. The van der Waals surface area contributed by atoms with Crippen LogP contribution in [0.3, 0.4) is 0 Å². The van der Waals surface area contributed by atoms with E-state index in [4.69, 9.17) is 0 Å². The van der Waals surface area contributed by atoms with Gasteiger partial charge in [0.25, 0.3) is 0 Å². The molecule has 3 rings (SSSR count). The molecule has 2 aliphatic rings. The Morgan fingerprint density at radius 1 is 1.04 bits per heavy atom. The van der Waals surface area contributed by atoms with Crippen LogP contribution in [0.1, 0.15) is 50.7 Å². The number of amides is 1.